The van der Waals surface area contributed by atoms with E-state index in [-0.39, 0.29) is 0 Å². The van der Waals surface area contributed by atoms with E-state index in [0.29, 0.717) is 11.8 Å². The van der Waals surface area contributed by atoms with Gasteiger partial charge >= 0.3 is 0 Å². The molecule has 0 radical (unpaired) electrons. The summed E-state index contributed by atoms with van der Waals surface area (Å²) in [5.74, 6) is 2.07. The second kappa shape index (κ2) is 8.29. The number of fused-ring (bicyclic) bond motifs is 1. The summed E-state index contributed by atoms with van der Waals surface area (Å²) in [6.45, 7) is 5.27. The summed E-state index contributed by atoms with van der Waals surface area (Å²) in [5.41, 5.74) is 1.11. The highest BCUT2D eigenvalue weighted by Crippen LogP contribution is 2.30. The summed E-state index contributed by atoms with van der Waals surface area (Å²) in [5, 5.41) is 2.42. The lowest BCUT2D eigenvalue weighted by Gasteiger charge is -2.18. The van der Waals surface area contributed by atoms with Crippen molar-refractivity contribution in [2.24, 2.45) is 5.92 Å². The monoisotopic (exact) mass is 304 g/mol. The second-order valence-electron chi connectivity index (χ2n) is 5.62. The van der Waals surface area contributed by atoms with E-state index in [1.54, 1.807) is 0 Å². The number of unbranched alkanes of at least 4 members (excludes halogenated alkanes) is 1. The van der Waals surface area contributed by atoms with Crippen molar-refractivity contribution in [2.45, 2.75) is 45.4 Å². The molecule has 0 saturated carbocycles. The average Bonchev–Trinajstić information content (AvgIpc) is 2.54. The molecule has 0 spiro atoms. The number of alkyl halides is 1. The van der Waals surface area contributed by atoms with Gasteiger partial charge in [-0.05, 0) is 29.2 Å². The van der Waals surface area contributed by atoms with Crippen LogP contribution in [0.5, 0.6) is 5.75 Å². The van der Waals surface area contributed by atoms with Crippen LogP contribution in [0.25, 0.3) is 10.8 Å². The number of rotatable bonds is 8. The molecular formula is C19H25ClO. The minimum absolute atomic E-state index is 0.489. The van der Waals surface area contributed by atoms with Gasteiger partial charge in [0.2, 0.25) is 0 Å². The van der Waals surface area contributed by atoms with Gasteiger partial charge in [0.1, 0.15) is 5.75 Å². The molecule has 2 rings (SSSR count). The highest BCUT2D eigenvalue weighted by molar-refractivity contribution is 6.18. The fourth-order valence-corrected chi connectivity index (χ4v) is 2.97. The molecule has 1 nitrogen and oxygen atoms in total. The summed E-state index contributed by atoms with van der Waals surface area (Å²) in [7, 11) is 0. The lowest BCUT2D eigenvalue weighted by atomic mass is 10.0. The molecule has 0 aliphatic carbocycles. The molecule has 0 aliphatic heterocycles. The molecule has 0 aromatic heterocycles. The Morgan fingerprint density at radius 2 is 1.90 bits per heavy atom. The van der Waals surface area contributed by atoms with Crippen molar-refractivity contribution < 1.29 is 4.74 Å². The van der Waals surface area contributed by atoms with Crippen molar-refractivity contribution in [2.75, 3.05) is 6.61 Å². The third kappa shape index (κ3) is 4.14. The number of ether oxygens (including phenoxy) is 1. The predicted octanol–water partition coefficient (Wildman–Crippen LogP) is 6.17. The fraction of sp³-hybridized carbons (Fsp3) is 0.474. The second-order valence-corrected chi connectivity index (χ2v) is 5.89. The van der Waals surface area contributed by atoms with E-state index >= 15 is 0 Å². The summed E-state index contributed by atoms with van der Waals surface area (Å²) in [6.07, 6.45) is 4.95. The van der Waals surface area contributed by atoms with Gasteiger partial charge in [-0.1, -0.05) is 63.4 Å². The van der Waals surface area contributed by atoms with Gasteiger partial charge in [-0.3, -0.25) is 0 Å². The molecule has 0 bridgehead atoms. The maximum Gasteiger partial charge on any atom is 0.124 e. The molecule has 114 valence electrons. The van der Waals surface area contributed by atoms with Crippen molar-refractivity contribution in [3.63, 3.8) is 0 Å². The van der Waals surface area contributed by atoms with Gasteiger partial charge in [0.15, 0.2) is 0 Å². The molecule has 2 aromatic carbocycles. The standard InChI is InChI=1S/C19H25ClO/c1-3-5-8-15(4-2)14-21-19-12-11-16-9-6-7-10-17(16)18(19)13-20/h6-7,9-12,15H,3-5,8,13-14H2,1-2H3. The summed E-state index contributed by atoms with van der Waals surface area (Å²) >= 11 is 6.16. The molecule has 21 heavy (non-hydrogen) atoms. The average molecular weight is 305 g/mol. The molecule has 0 fully saturated rings. The van der Waals surface area contributed by atoms with Gasteiger partial charge in [-0.2, -0.15) is 0 Å². The minimum atomic E-state index is 0.489. The van der Waals surface area contributed by atoms with Crippen molar-refractivity contribution in [3.8, 4) is 5.75 Å². The Morgan fingerprint density at radius 3 is 2.62 bits per heavy atom. The van der Waals surface area contributed by atoms with E-state index in [4.69, 9.17) is 16.3 Å². The van der Waals surface area contributed by atoms with Crippen LogP contribution >= 0.6 is 11.6 Å². The first kappa shape index (κ1) is 16.2. The highest BCUT2D eigenvalue weighted by atomic mass is 35.5. The first-order valence-corrected chi connectivity index (χ1v) is 8.53. The van der Waals surface area contributed by atoms with Gasteiger partial charge in [-0.15, -0.1) is 11.6 Å². The lowest BCUT2D eigenvalue weighted by molar-refractivity contribution is 0.232. The topological polar surface area (TPSA) is 9.23 Å². The number of hydrogen-bond donors (Lipinski definition) is 0. The number of hydrogen-bond acceptors (Lipinski definition) is 1. The largest absolute Gasteiger partial charge is 0.493 e. The fourth-order valence-electron chi connectivity index (χ4n) is 2.69. The zero-order valence-corrected chi connectivity index (χ0v) is 13.8. The van der Waals surface area contributed by atoms with E-state index in [0.717, 1.165) is 17.9 Å². The lowest BCUT2D eigenvalue weighted by Crippen LogP contribution is -2.12. The number of benzene rings is 2. The van der Waals surface area contributed by atoms with Crippen molar-refractivity contribution in [3.05, 3.63) is 42.0 Å². The number of halogens is 1. The smallest absolute Gasteiger partial charge is 0.124 e. The molecule has 1 atom stereocenters. The Labute approximate surface area is 133 Å². The Hall–Kier alpha value is -1.21. The molecular weight excluding hydrogens is 280 g/mol. The van der Waals surface area contributed by atoms with Crippen LogP contribution in [0, 0.1) is 5.92 Å². The van der Waals surface area contributed by atoms with Gasteiger partial charge in [0.25, 0.3) is 0 Å². The van der Waals surface area contributed by atoms with Crippen LogP contribution < -0.4 is 4.74 Å². The first-order chi connectivity index (χ1) is 10.3. The van der Waals surface area contributed by atoms with E-state index < -0.39 is 0 Å². The maximum atomic E-state index is 6.16. The van der Waals surface area contributed by atoms with Crippen LogP contribution in [0.3, 0.4) is 0 Å². The third-order valence-corrected chi connectivity index (χ3v) is 4.42. The SMILES string of the molecule is CCCCC(CC)COc1ccc2ccccc2c1CCl. The van der Waals surface area contributed by atoms with Crippen LogP contribution in [-0.4, -0.2) is 6.61 Å². The quantitative estimate of drug-likeness (QED) is 0.530. The van der Waals surface area contributed by atoms with Crippen molar-refractivity contribution in [1.82, 2.24) is 0 Å². The predicted molar refractivity (Wildman–Crippen MR) is 92.3 cm³/mol. The van der Waals surface area contributed by atoms with Gasteiger partial charge in [0, 0.05) is 5.56 Å². The zero-order valence-electron chi connectivity index (χ0n) is 13.1. The molecule has 0 aliphatic rings. The summed E-state index contributed by atoms with van der Waals surface area (Å²) in [4.78, 5) is 0. The Kier molecular flexibility index (Phi) is 6.38. The third-order valence-electron chi connectivity index (χ3n) is 4.15. The normalized spacial score (nSPS) is 12.5. The van der Waals surface area contributed by atoms with Crippen LogP contribution in [0.1, 0.15) is 45.1 Å². The van der Waals surface area contributed by atoms with Crippen LogP contribution in [0.2, 0.25) is 0 Å². The van der Waals surface area contributed by atoms with Gasteiger partial charge in [0.05, 0.1) is 12.5 Å². The van der Waals surface area contributed by atoms with E-state index in [2.05, 4.69) is 50.2 Å². The molecule has 0 saturated heterocycles. The Morgan fingerprint density at radius 1 is 1.10 bits per heavy atom. The van der Waals surface area contributed by atoms with Crippen molar-refractivity contribution >= 4 is 22.4 Å². The molecule has 0 amide bonds. The Bertz CT molecular complexity index is 564. The van der Waals surface area contributed by atoms with Gasteiger partial charge < -0.3 is 4.74 Å². The van der Waals surface area contributed by atoms with Crippen molar-refractivity contribution in [1.29, 1.82) is 0 Å². The van der Waals surface area contributed by atoms with Crippen LogP contribution in [-0.2, 0) is 5.88 Å². The first-order valence-electron chi connectivity index (χ1n) is 7.99. The molecule has 0 N–H and O–H groups in total. The van der Waals surface area contributed by atoms with E-state index in [1.807, 2.05) is 0 Å². The zero-order chi connectivity index (χ0) is 15.1. The van der Waals surface area contributed by atoms with E-state index in [9.17, 15) is 0 Å². The molecule has 2 aromatic rings. The molecule has 0 heterocycles. The molecule has 2 heteroatoms. The summed E-state index contributed by atoms with van der Waals surface area (Å²) in [6, 6.07) is 12.5. The molecule has 1 unspecified atom stereocenters. The highest BCUT2D eigenvalue weighted by Gasteiger charge is 2.11. The summed E-state index contributed by atoms with van der Waals surface area (Å²) < 4.78 is 6.10. The Balaban J connectivity index is 2.14. The van der Waals surface area contributed by atoms with E-state index in [1.165, 1.54) is 36.5 Å². The van der Waals surface area contributed by atoms with Gasteiger partial charge in [-0.25, -0.2) is 0 Å². The van der Waals surface area contributed by atoms with Crippen LogP contribution in [0.15, 0.2) is 36.4 Å². The van der Waals surface area contributed by atoms with Crippen LogP contribution in [0.4, 0.5) is 0 Å². The maximum absolute atomic E-state index is 6.16. The minimum Gasteiger partial charge on any atom is -0.493 e.